The Hall–Kier alpha value is -2.60. The van der Waals surface area contributed by atoms with Gasteiger partial charge in [-0.25, -0.2) is 0 Å². The number of rotatable bonds is 8. The number of hydrogen-bond acceptors (Lipinski definition) is 5. The van der Waals surface area contributed by atoms with Crippen molar-refractivity contribution in [1.29, 1.82) is 0 Å². The Balaban J connectivity index is 1.70. The third-order valence-electron chi connectivity index (χ3n) is 4.67. The molecule has 1 aliphatic rings. The third kappa shape index (κ3) is 4.98. The molecule has 1 aromatic carbocycles. The quantitative estimate of drug-likeness (QED) is 0.775. The Labute approximate surface area is 160 Å². The predicted octanol–water partition coefficient (Wildman–Crippen LogP) is 2.74. The molecule has 1 saturated heterocycles. The number of aromatic nitrogens is 1. The van der Waals surface area contributed by atoms with Gasteiger partial charge in [-0.2, -0.15) is 0 Å². The van der Waals surface area contributed by atoms with Gasteiger partial charge in [-0.05, 0) is 57.1 Å². The largest absolute Gasteiger partial charge is 0.490 e. The molecule has 0 aliphatic carbocycles. The molecule has 0 bridgehead atoms. The number of hydrogen-bond donors (Lipinski definition) is 1. The Morgan fingerprint density at radius 2 is 2.19 bits per heavy atom. The fourth-order valence-electron chi connectivity index (χ4n) is 3.33. The number of ether oxygens (including phenoxy) is 2. The Morgan fingerprint density at radius 3 is 2.93 bits per heavy atom. The van der Waals surface area contributed by atoms with Gasteiger partial charge in [-0.1, -0.05) is 6.07 Å². The van der Waals surface area contributed by atoms with E-state index in [1.807, 2.05) is 43.1 Å². The van der Waals surface area contributed by atoms with E-state index in [2.05, 4.69) is 10.3 Å². The van der Waals surface area contributed by atoms with E-state index >= 15 is 0 Å². The SMILES string of the molecule is CCOc1cc(C(=O)N2CCC(CNC)C2)ccc1OCc1cccnc1. The smallest absolute Gasteiger partial charge is 0.254 e. The van der Waals surface area contributed by atoms with Crippen LogP contribution in [0.15, 0.2) is 42.7 Å². The molecule has 0 saturated carbocycles. The second-order valence-corrected chi connectivity index (χ2v) is 6.71. The van der Waals surface area contributed by atoms with Crippen molar-refractivity contribution < 1.29 is 14.3 Å². The van der Waals surface area contributed by atoms with Gasteiger partial charge in [0.05, 0.1) is 6.61 Å². The number of nitrogens with zero attached hydrogens (tertiary/aromatic N) is 2. The molecular formula is C21H27N3O3. The molecule has 1 aliphatic heterocycles. The summed E-state index contributed by atoms with van der Waals surface area (Å²) in [5, 5.41) is 3.19. The van der Waals surface area contributed by atoms with Crippen LogP contribution in [0.4, 0.5) is 0 Å². The van der Waals surface area contributed by atoms with Crippen LogP contribution < -0.4 is 14.8 Å². The van der Waals surface area contributed by atoms with Crippen LogP contribution in [0.25, 0.3) is 0 Å². The monoisotopic (exact) mass is 369 g/mol. The second-order valence-electron chi connectivity index (χ2n) is 6.71. The maximum absolute atomic E-state index is 12.8. The van der Waals surface area contributed by atoms with Crippen molar-refractivity contribution in [2.45, 2.75) is 20.0 Å². The highest BCUT2D eigenvalue weighted by Gasteiger charge is 2.27. The fraction of sp³-hybridized carbons (Fsp3) is 0.429. The average molecular weight is 369 g/mol. The molecule has 27 heavy (non-hydrogen) atoms. The van der Waals surface area contributed by atoms with Crippen molar-refractivity contribution in [1.82, 2.24) is 15.2 Å². The molecule has 1 amide bonds. The van der Waals surface area contributed by atoms with Crippen LogP contribution in [0, 0.1) is 5.92 Å². The van der Waals surface area contributed by atoms with Gasteiger partial charge < -0.3 is 19.7 Å². The average Bonchev–Trinajstić information content (AvgIpc) is 3.16. The maximum Gasteiger partial charge on any atom is 0.254 e. The van der Waals surface area contributed by atoms with Crippen molar-refractivity contribution in [3.05, 3.63) is 53.9 Å². The van der Waals surface area contributed by atoms with Gasteiger partial charge in [0.1, 0.15) is 6.61 Å². The number of carbonyl (C=O) groups excluding carboxylic acids is 1. The molecule has 0 radical (unpaired) electrons. The molecule has 3 rings (SSSR count). The van der Waals surface area contributed by atoms with Crippen LogP contribution in [0.3, 0.4) is 0 Å². The van der Waals surface area contributed by atoms with E-state index in [1.54, 1.807) is 18.5 Å². The van der Waals surface area contributed by atoms with Crippen LogP contribution >= 0.6 is 0 Å². The number of carbonyl (C=O) groups is 1. The maximum atomic E-state index is 12.8. The van der Waals surface area contributed by atoms with E-state index in [9.17, 15) is 4.79 Å². The van der Waals surface area contributed by atoms with E-state index in [0.29, 0.717) is 36.2 Å². The van der Waals surface area contributed by atoms with Crippen LogP contribution in [0.2, 0.25) is 0 Å². The molecule has 144 valence electrons. The number of likely N-dealkylation sites (tertiary alicyclic amines) is 1. The van der Waals surface area contributed by atoms with Gasteiger partial charge in [0.25, 0.3) is 5.91 Å². The summed E-state index contributed by atoms with van der Waals surface area (Å²) in [6.45, 7) is 5.36. The van der Waals surface area contributed by atoms with Gasteiger partial charge in [0.15, 0.2) is 11.5 Å². The van der Waals surface area contributed by atoms with E-state index in [1.165, 1.54) is 0 Å². The topological polar surface area (TPSA) is 63.7 Å². The minimum atomic E-state index is 0.0494. The van der Waals surface area contributed by atoms with Crippen LogP contribution in [-0.4, -0.2) is 49.1 Å². The molecule has 2 aromatic rings. The lowest BCUT2D eigenvalue weighted by atomic mass is 10.1. The number of amides is 1. The normalized spacial score (nSPS) is 16.4. The summed E-state index contributed by atoms with van der Waals surface area (Å²) < 4.78 is 11.6. The molecule has 2 heterocycles. The van der Waals surface area contributed by atoms with E-state index in [-0.39, 0.29) is 5.91 Å². The van der Waals surface area contributed by atoms with Crippen LogP contribution in [0.1, 0.15) is 29.3 Å². The van der Waals surface area contributed by atoms with Gasteiger partial charge in [-0.15, -0.1) is 0 Å². The van der Waals surface area contributed by atoms with E-state index < -0.39 is 0 Å². The molecule has 1 unspecified atom stereocenters. The highest BCUT2D eigenvalue weighted by molar-refractivity contribution is 5.95. The second kappa shape index (κ2) is 9.37. The van der Waals surface area contributed by atoms with Crippen molar-refractivity contribution in [2.75, 3.05) is 33.3 Å². The zero-order valence-corrected chi connectivity index (χ0v) is 16.0. The summed E-state index contributed by atoms with van der Waals surface area (Å²) in [5.74, 6) is 1.80. The fourth-order valence-corrected chi connectivity index (χ4v) is 3.33. The van der Waals surface area contributed by atoms with Crippen molar-refractivity contribution in [2.24, 2.45) is 5.92 Å². The molecular weight excluding hydrogens is 342 g/mol. The summed E-state index contributed by atoms with van der Waals surface area (Å²) in [7, 11) is 1.95. The molecule has 6 nitrogen and oxygen atoms in total. The summed E-state index contributed by atoms with van der Waals surface area (Å²) in [4.78, 5) is 18.9. The van der Waals surface area contributed by atoms with Gasteiger partial charge in [0.2, 0.25) is 0 Å². The lowest BCUT2D eigenvalue weighted by molar-refractivity contribution is 0.0786. The standard InChI is InChI=1S/C21H27N3O3/c1-3-26-20-11-18(21(25)24-10-8-16(14-24)12-22-2)6-7-19(20)27-15-17-5-4-9-23-13-17/h4-7,9,11,13,16,22H,3,8,10,12,14-15H2,1-2H3. The number of pyridine rings is 1. The summed E-state index contributed by atoms with van der Waals surface area (Å²) >= 11 is 0. The van der Waals surface area contributed by atoms with Crippen molar-refractivity contribution in [3.8, 4) is 11.5 Å². The predicted molar refractivity (Wildman–Crippen MR) is 104 cm³/mol. The first-order valence-electron chi connectivity index (χ1n) is 9.43. The van der Waals surface area contributed by atoms with Gasteiger partial charge in [0, 0.05) is 36.6 Å². The van der Waals surface area contributed by atoms with Crippen molar-refractivity contribution in [3.63, 3.8) is 0 Å². The minimum Gasteiger partial charge on any atom is -0.490 e. The summed E-state index contributed by atoms with van der Waals surface area (Å²) in [5.41, 5.74) is 1.62. The van der Waals surface area contributed by atoms with Gasteiger partial charge >= 0.3 is 0 Å². The third-order valence-corrected chi connectivity index (χ3v) is 4.67. The first kappa shape index (κ1) is 19.2. The lowest BCUT2D eigenvalue weighted by Crippen LogP contribution is -2.30. The van der Waals surface area contributed by atoms with Crippen LogP contribution in [0.5, 0.6) is 11.5 Å². The first-order chi connectivity index (χ1) is 13.2. The minimum absolute atomic E-state index is 0.0494. The van der Waals surface area contributed by atoms with Crippen LogP contribution in [-0.2, 0) is 6.61 Å². The van der Waals surface area contributed by atoms with Gasteiger partial charge in [-0.3, -0.25) is 9.78 Å². The number of nitrogens with one attached hydrogen (secondary N) is 1. The summed E-state index contributed by atoms with van der Waals surface area (Å²) in [6, 6.07) is 9.25. The molecule has 0 spiro atoms. The molecule has 1 fully saturated rings. The summed E-state index contributed by atoms with van der Waals surface area (Å²) in [6.07, 6.45) is 4.54. The Kier molecular flexibility index (Phi) is 6.65. The lowest BCUT2D eigenvalue weighted by Gasteiger charge is -2.18. The molecule has 6 heteroatoms. The first-order valence-corrected chi connectivity index (χ1v) is 9.43. The number of benzene rings is 1. The van der Waals surface area contributed by atoms with E-state index in [0.717, 1.165) is 31.6 Å². The highest BCUT2D eigenvalue weighted by Crippen LogP contribution is 2.30. The molecule has 1 N–H and O–H groups in total. The zero-order chi connectivity index (χ0) is 19.1. The Morgan fingerprint density at radius 1 is 1.30 bits per heavy atom. The molecule has 1 atom stereocenters. The van der Waals surface area contributed by atoms with E-state index in [4.69, 9.17) is 9.47 Å². The highest BCUT2D eigenvalue weighted by atomic mass is 16.5. The molecule has 1 aromatic heterocycles. The Bertz CT molecular complexity index is 752. The zero-order valence-electron chi connectivity index (χ0n) is 16.0. The van der Waals surface area contributed by atoms with Crippen molar-refractivity contribution >= 4 is 5.91 Å².